The summed E-state index contributed by atoms with van der Waals surface area (Å²) in [5, 5.41) is 0. The van der Waals surface area contributed by atoms with Gasteiger partial charge in [0.15, 0.2) is 0 Å². The Morgan fingerprint density at radius 3 is 2.20 bits per heavy atom. The Bertz CT molecular complexity index is 519. The van der Waals surface area contributed by atoms with Crippen molar-refractivity contribution >= 4 is 41.0 Å². The van der Waals surface area contributed by atoms with Crippen molar-refractivity contribution in [3.63, 3.8) is 0 Å². The third kappa shape index (κ3) is 2.78. The smallest absolute Gasteiger partial charge is 0.399 e. The minimum absolute atomic E-state index is 0.190. The predicted molar refractivity (Wildman–Crippen MR) is 82.3 cm³/mol. The highest BCUT2D eigenvalue weighted by atomic mass is 127. The van der Waals surface area contributed by atoms with Crippen LogP contribution in [0.25, 0.3) is 0 Å². The van der Waals surface area contributed by atoms with Gasteiger partial charge in [0.05, 0.1) is 16.8 Å². The van der Waals surface area contributed by atoms with Crippen LogP contribution in [0.15, 0.2) is 12.3 Å². The lowest BCUT2D eigenvalue weighted by Crippen LogP contribution is -2.41. The van der Waals surface area contributed by atoms with E-state index in [-0.39, 0.29) is 11.4 Å². The van der Waals surface area contributed by atoms with Gasteiger partial charge in [-0.3, -0.25) is 0 Å². The van der Waals surface area contributed by atoms with E-state index in [1.807, 2.05) is 27.7 Å². The lowest BCUT2D eigenvalue weighted by atomic mass is 9.79. The molecule has 8 heteroatoms. The molecule has 1 aliphatic heterocycles. The third-order valence-corrected chi connectivity index (χ3v) is 4.35. The summed E-state index contributed by atoms with van der Waals surface area (Å²) in [5.74, 6) is -0.190. The molecule has 20 heavy (non-hydrogen) atoms. The van der Waals surface area contributed by atoms with E-state index in [1.54, 1.807) is 0 Å². The number of nitrogens with zero attached hydrogens (tertiary/aromatic N) is 1. The summed E-state index contributed by atoms with van der Waals surface area (Å²) in [5.41, 5.74) is 4.54. The number of nitrogens with two attached hydrogens (primary N) is 1. The molecular formula is C12H16BF2IN2O2. The molecule has 2 rings (SSSR count). The maximum atomic E-state index is 13.5. The van der Waals surface area contributed by atoms with E-state index < -0.39 is 22.2 Å². The van der Waals surface area contributed by atoms with Crippen molar-refractivity contribution < 1.29 is 18.1 Å². The average molecular weight is 396 g/mol. The first kappa shape index (κ1) is 15.9. The van der Waals surface area contributed by atoms with Crippen LogP contribution in [0.4, 0.5) is 14.6 Å². The predicted octanol–water partition coefficient (Wildman–Crippen LogP) is 2.45. The van der Waals surface area contributed by atoms with Gasteiger partial charge >= 0.3 is 11.0 Å². The second kappa shape index (κ2) is 4.77. The lowest BCUT2D eigenvalue weighted by Gasteiger charge is -2.32. The number of halogens is 3. The monoisotopic (exact) mass is 396 g/mol. The van der Waals surface area contributed by atoms with Gasteiger partial charge in [0.1, 0.15) is 5.82 Å². The van der Waals surface area contributed by atoms with Gasteiger partial charge < -0.3 is 15.0 Å². The number of alkyl halides is 3. The number of nitrogen functional groups attached to an aromatic ring is 1. The van der Waals surface area contributed by atoms with Crippen molar-refractivity contribution in [3.05, 3.63) is 17.8 Å². The molecule has 1 aromatic rings. The summed E-state index contributed by atoms with van der Waals surface area (Å²) in [7, 11) is -0.731. The fraction of sp³-hybridized carbons (Fsp3) is 0.583. The van der Waals surface area contributed by atoms with Gasteiger partial charge in [-0.05, 0) is 33.8 Å². The van der Waals surface area contributed by atoms with Crippen LogP contribution in [0.5, 0.6) is 0 Å². The van der Waals surface area contributed by atoms with Crippen LogP contribution in [0.1, 0.15) is 33.3 Å². The Morgan fingerprint density at radius 2 is 1.75 bits per heavy atom. The van der Waals surface area contributed by atoms with Crippen LogP contribution in [-0.4, -0.2) is 23.3 Å². The van der Waals surface area contributed by atoms with E-state index in [2.05, 4.69) is 4.98 Å². The van der Waals surface area contributed by atoms with Gasteiger partial charge in [-0.1, -0.05) is 0 Å². The minimum Gasteiger partial charge on any atom is -0.399 e. The molecule has 0 aliphatic carbocycles. The second-order valence-corrected chi connectivity index (χ2v) is 7.14. The molecule has 2 N–H and O–H groups in total. The summed E-state index contributed by atoms with van der Waals surface area (Å²) < 4.78 is 35.5. The average Bonchev–Trinajstić information content (AvgIpc) is 2.47. The molecule has 0 radical (unpaired) electrons. The van der Waals surface area contributed by atoms with Crippen molar-refractivity contribution in [2.75, 3.05) is 5.73 Å². The molecular weight excluding hydrogens is 380 g/mol. The van der Waals surface area contributed by atoms with Crippen molar-refractivity contribution in [1.82, 2.24) is 4.98 Å². The molecule has 0 amide bonds. The van der Waals surface area contributed by atoms with Gasteiger partial charge in [0.2, 0.25) is 0 Å². The molecule has 0 bridgehead atoms. The van der Waals surface area contributed by atoms with E-state index in [4.69, 9.17) is 15.0 Å². The van der Waals surface area contributed by atoms with Crippen molar-refractivity contribution in [2.45, 2.75) is 42.8 Å². The normalized spacial score (nSPS) is 21.2. The zero-order chi connectivity index (χ0) is 15.3. The summed E-state index contributed by atoms with van der Waals surface area (Å²) in [6.07, 6.45) is 1.41. The van der Waals surface area contributed by atoms with Gasteiger partial charge in [-0.2, -0.15) is 8.78 Å². The number of rotatable bonds is 2. The molecule has 4 nitrogen and oxygen atoms in total. The van der Waals surface area contributed by atoms with E-state index in [0.717, 1.165) is 22.6 Å². The molecule has 0 unspecified atom stereocenters. The number of pyridine rings is 1. The zero-order valence-corrected chi connectivity index (χ0v) is 13.9. The molecule has 1 saturated heterocycles. The van der Waals surface area contributed by atoms with Crippen molar-refractivity contribution in [1.29, 1.82) is 0 Å². The maximum Gasteiger partial charge on any atom is 0.496 e. The standard InChI is InChI=1S/C12H16BF2IN2O2/c1-10(2)11(3,4)20-13(19-10)7-5-8(12(14,15)16)9(17)18-6-7/h5-6H,1-4H3,(H2,17,18). The first-order chi connectivity index (χ1) is 8.94. The van der Waals surface area contributed by atoms with Crippen LogP contribution < -0.4 is 11.2 Å². The fourth-order valence-electron chi connectivity index (χ4n) is 1.83. The number of hydrogen-bond acceptors (Lipinski definition) is 4. The largest absolute Gasteiger partial charge is 0.496 e. The van der Waals surface area contributed by atoms with E-state index in [1.165, 1.54) is 12.3 Å². The van der Waals surface area contributed by atoms with Gasteiger partial charge in [-0.25, -0.2) is 4.98 Å². The van der Waals surface area contributed by atoms with Gasteiger partial charge in [0.25, 0.3) is 0 Å². The molecule has 0 aromatic carbocycles. The molecule has 0 spiro atoms. The molecule has 0 saturated carbocycles. The molecule has 1 aromatic heterocycles. The molecule has 110 valence electrons. The van der Waals surface area contributed by atoms with Crippen molar-refractivity contribution in [2.24, 2.45) is 0 Å². The topological polar surface area (TPSA) is 57.4 Å². The quantitative estimate of drug-likeness (QED) is 0.474. The SMILES string of the molecule is CC1(C)OB(c2cnc(N)c(C(F)(F)I)c2)OC1(C)C. The molecule has 2 heterocycles. The highest BCUT2D eigenvalue weighted by molar-refractivity contribution is 14.1. The number of aromatic nitrogens is 1. The maximum absolute atomic E-state index is 13.5. The first-order valence-electron chi connectivity index (χ1n) is 6.12. The van der Waals surface area contributed by atoms with Crippen LogP contribution >= 0.6 is 22.6 Å². The Kier molecular flexibility index (Phi) is 3.80. The Labute approximate surface area is 130 Å². The van der Waals surface area contributed by atoms with Gasteiger partial charge in [0, 0.05) is 34.3 Å². The van der Waals surface area contributed by atoms with Crippen LogP contribution in [0, 0.1) is 0 Å². The third-order valence-electron chi connectivity index (χ3n) is 3.77. The molecule has 1 aliphatic rings. The van der Waals surface area contributed by atoms with Gasteiger partial charge in [-0.15, -0.1) is 0 Å². The zero-order valence-electron chi connectivity index (χ0n) is 11.7. The van der Waals surface area contributed by atoms with Crippen LogP contribution in [0.2, 0.25) is 0 Å². The summed E-state index contributed by atoms with van der Waals surface area (Å²) in [4.78, 5) is 3.82. The number of anilines is 1. The Hall–Kier alpha value is -0.475. The Morgan fingerprint density at radius 1 is 1.25 bits per heavy atom. The van der Waals surface area contributed by atoms with Crippen molar-refractivity contribution in [3.8, 4) is 0 Å². The fourth-order valence-corrected chi connectivity index (χ4v) is 2.26. The summed E-state index contributed by atoms with van der Waals surface area (Å²) in [6.45, 7) is 7.58. The molecule has 1 fully saturated rings. The highest BCUT2D eigenvalue weighted by Crippen LogP contribution is 2.39. The lowest BCUT2D eigenvalue weighted by molar-refractivity contribution is 0.00578. The summed E-state index contributed by atoms with van der Waals surface area (Å²) >= 11 is 1.03. The van der Waals surface area contributed by atoms with E-state index >= 15 is 0 Å². The van der Waals surface area contributed by atoms with Crippen LogP contribution in [-0.2, 0) is 13.2 Å². The summed E-state index contributed by atoms with van der Waals surface area (Å²) in [6, 6.07) is 1.29. The highest BCUT2D eigenvalue weighted by Gasteiger charge is 2.52. The molecule has 0 atom stereocenters. The minimum atomic E-state index is -3.09. The van der Waals surface area contributed by atoms with Crippen LogP contribution in [0.3, 0.4) is 0 Å². The first-order valence-corrected chi connectivity index (χ1v) is 7.20. The second-order valence-electron chi connectivity index (χ2n) is 5.79. The Balaban J connectivity index is 2.37. The van der Waals surface area contributed by atoms with E-state index in [9.17, 15) is 8.78 Å². The van der Waals surface area contributed by atoms with E-state index in [0.29, 0.717) is 5.46 Å². The number of hydrogen-bond donors (Lipinski definition) is 1.